The third-order valence-electron chi connectivity index (χ3n) is 3.08. The first kappa shape index (κ1) is 15.4. The molecule has 0 aromatic heterocycles. The average molecular weight is 405 g/mol. The minimum absolute atomic E-state index is 0.0637. The van der Waals surface area contributed by atoms with Gasteiger partial charge in [0, 0.05) is 11.7 Å². The monoisotopic (exact) mass is 403 g/mol. The Morgan fingerprint density at radius 1 is 1.00 bits per heavy atom. The van der Waals surface area contributed by atoms with Crippen LogP contribution in [0.4, 0.5) is 14.5 Å². The van der Waals surface area contributed by atoms with E-state index in [1.165, 1.54) is 12.1 Å². The van der Waals surface area contributed by atoms with Gasteiger partial charge >= 0.3 is 0 Å². The first-order chi connectivity index (χ1) is 9.38. The topological polar surface area (TPSA) is 12.0 Å². The van der Waals surface area contributed by atoms with Crippen LogP contribution in [0.3, 0.4) is 0 Å². The fourth-order valence-corrected chi connectivity index (χ4v) is 2.75. The minimum Gasteiger partial charge on any atom is -0.378 e. The number of hydrogen-bond donors (Lipinski definition) is 1. The van der Waals surface area contributed by atoms with Crippen LogP contribution in [0.5, 0.6) is 0 Å². The van der Waals surface area contributed by atoms with E-state index in [1.807, 2.05) is 13.8 Å². The van der Waals surface area contributed by atoms with Crippen molar-refractivity contribution >= 4 is 37.5 Å². The molecule has 0 fully saturated rings. The summed E-state index contributed by atoms with van der Waals surface area (Å²) >= 11 is 6.32. The van der Waals surface area contributed by atoms with Crippen molar-refractivity contribution in [1.82, 2.24) is 0 Å². The third kappa shape index (κ3) is 3.38. The molecule has 2 rings (SSSR count). The zero-order valence-electron chi connectivity index (χ0n) is 11.0. The summed E-state index contributed by atoms with van der Waals surface area (Å²) < 4.78 is 27.7. The normalized spacial score (nSPS) is 12.3. The maximum absolute atomic E-state index is 13.6. The van der Waals surface area contributed by atoms with Gasteiger partial charge < -0.3 is 5.32 Å². The maximum atomic E-state index is 13.6. The maximum Gasteiger partial charge on any atom is 0.139 e. The van der Waals surface area contributed by atoms with E-state index < -0.39 is 0 Å². The van der Waals surface area contributed by atoms with E-state index in [-0.39, 0.29) is 17.7 Å². The minimum atomic E-state index is -0.314. The van der Waals surface area contributed by atoms with Crippen LogP contribution < -0.4 is 5.32 Å². The van der Waals surface area contributed by atoms with Gasteiger partial charge in [0.1, 0.15) is 11.6 Å². The molecule has 0 saturated heterocycles. The standard InChI is InChI=1S/C15H13Br2F2N/c1-8-5-11(16)14(19)7-15(8)20-9(2)10-3-4-13(18)12(17)6-10/h3-7,9,20H,1-2H3. The molecule has 106 valence electrons. The predicted octanol–water partition coefficient (Wildman–Crippen LogP) is 5.97. The Labute approximate surface area is 133 Å². The fraction of sp³-hybridized carbons (Fsp3) is 0.200. The molecule has 0 radical (unpaired) electrons. The molecule has 0 heterocycles. The molecule has 2 aromatic rings. The smallest absolute Gasteiger partial charge is 0.139 e. The quantitative estimate of drug-likeness (QED) is 0.664. The van der Waals surface area contributed by atoms with Gasteiger partial charge in [0.25, 0.3) is 0 Å². The largest absolute Gasteiger partial charge is 0.378 e. The Morgan fingerprint density at radius 2 is 1.65 bits per heavy atom. The van der Waals surface area contributed by atoms with Crippen LogP contribution in [0.25, 0.3) is 0 Å². The van der Waals surface area contributed by atoms with Gasteiger partial charge in [-0.2, -0.15) is 0 Å². The van der Waals surface area contributed by atoms with Gasteiger partial charge in [-0.3, -0.25) is 0 Å². The number of nitrogens with one attached hydrogen (secondary N) is 1. The van der Waals surface area contributed by atoms with Gasteiger partial charge in [-0.1, -0.05) is 6.07 Å². The summed E-state index contributed by atoms with van der Waals surface area (Å²) in [6.07, 6.45) is 0. The highest BCUT2D eigenvalue weighted by molar-refractivity contribution is 9.10. The zero-order chi connectivity index (χ0) is 14.9. The molecule has 0 amide bonds. The van der Waals surface area contributed by atoms with E-state index in [9.17, 15) is 8.78 Å². The Morgan fingerprint density at radius 3 is 2.30 bits per heavy atom. The summed E-state index contributed by atoms with van der Waals surface area (Å²) in [6, 6.07) is 7.96. The van der Waals surface area contributed by atoms with E-state index in [2.05, 4.69) is 37.2 Å². The zero-order valence-corrected chi connectivity index (χ0v) is 14.1. The van der Waals surface area contributed by atoms with Crippen LogP contribution in [0, 0.1) is 18.6 Å². The average Bonchev–Trinajstić information content (AvgIpc) is 2.39. The van der Waals surface area contributed by atoms with E-state index in [4.69, 9.17) is 0 Å². The van der Waals surface area contributed by atoms with Crippen molar-refractivity contribution in [1.29, 1.82) is 0 Å². The van der Waals surface area contributed by atoms with Crippen molar-refractivity contribution in [3.05, 3.63) is 62.0 Å². The van der Waals surface area contributed by atoms with E-state index in [0.717, 1.165) is 16.8 Å². The highest BCUT2D eigenvalue weighted by atomic mass is 79.9. The highest BCUT2D eigenvalue weighted by Crippen LogP contribution is 2.28. The van der Waals surface area contributed by atoms with Crippen molar-refractivity contribution in [2.24, 2.45) is 0 Å². The highest BCUT2D eigenvalue weighted by Gasteiger charge is 2.11. The van der Waals surface area contributed by atoms with Crippen LogP contribution in [-0.2, 0) is 0 Å². The first-order valence-corrected chi connectivity index (χ1v) is 7.64. The van der Waals surface area contributed by atoms with Crippen LogP contribution in [0.15, 0.2) is 39.3 Å². The van der Waals surface area contributed by atoms with Gasteiger partial charge in [-0.25, -0.2) is 8.78 Å². The molecule has 0 aliphatic heterocycles. The molecule has 0 aliphatic carbocycles. The lowest BCUT2D eigenvalue weighted by Gasteiger charge is -2.18. The van der Waals surface area contributed by atoms with Crippen molar-refractivity contribution in [3.8, 4) is 0 Å². The van der Waals surface area contributed by atoms with Crippen LogP contribution in [0.2, 0.25) is 0 Å². The van der Waals surface area contributed by atoms with Gasteiger partial charge in [0.15, 0.2) is 0 Å². The molecule has 5 heteroatoms. The number of benzene rings is 2. The summed E-state index contributed by atoms with van der Waals surface area (Å²) in [5.74, 6) is -0.614. The van der Waals surface area contributed by atoms with E-state index in [0.29, 0.717) is 8.95 Å². The molecule has 0 bridgehead atoms. The van der Waals surface area contributed by atoms with Gasteiger partial charge in [-0.05, 0) is 81.1 Å². The van der Waals surface area contributed by atoms with Gasteiger partial charge in [0.2, 0.25) is 0 Å². The second kappa shape index (κ2) is 6.22. The molecule has 1 unspecified atom stereocenters. The number of halogens is 4. The summed E-state index contributed by atoms with van der Waals surface area (Å²) in [5, 5.41) is 3.24. The molecule has 1 N–H and O–H groups in total. The van der Waals surface area contributed by atoms with Gasteiger partial charge in [0.05, 0.1) is 8.95 Å². The van der Waals surface area contributed by atoms with Crippen molar-refractivity contribution in [2.75, 3.05) is 5.32 Å². The predicted molar refractivity (Wildman–Crippen MR) is 85.0 cm³/mol. The van der Waals surface area contributed by atoms with Crippen LogP contribution >= 0.6 is 31.9 Å². The Balaban J connectivity index is 2.25. The molecule has 0 spiro atoms. The lowest BCUT2D eigenvalue weighted by molar-refractivity contribution is 0.619. The summed E-state index contributed by atoms with van der Waals surface area (Å²) in [6.45, 7) is 3.85. The molecule has 2 aromatic carbocycles. The molecular weight excluding hydrogens is 392 g/mol. The lowest BCUT2D eigenvalue weighted by Crippen LogP contribution is -2.08. The number of aryl methyl sites for hydroxylation is 1. The van der Waals surface area contributed by atoms with Crippen molar-refractivity contribution < 1.29 is 8.78 Å². The SMILES string of the molecule is Cc1cc(Br)c(F)cc1NC(C)c1ccc(F)c(Br)c1. The van der Waals surface area contributed by atoms with E-state index in [1.54, 1.807) is 18.2 Å². The summed E-state index contributed by atoms with van der Waals surface area (Å²) in [5.41, 5.74) is 2.57. The first-order valence-electron chi connectivity index (χ1n) is 6.05. The Kier molecular flexibility index (Phi) is 4.81. The summed E-state index contributed by atoms with van der Waals surface area (Å²) in [4.78, 5) is 0. The Bertz CT molecular complexity index is 644. The molecular formula is C15H13Br2F2N. The molecule has 0 aliphatic rings. The summed E-state index contributed by atoms with van der Waals surface area (Å²) in [7, 11) is 0. The Hall–Kier alpha value is -0.940. The van der Waals surface area contributed by atoms with E-state index >= 15 is 0 Å². The van der Waals surface area contributed by atoms with Crippen LogP contribution in [0.1, 0.15) is 24.1 Å². The number of rotatable bonds is 3. The second-order valence-corrected chi connectivity index (χ2v) is 6.33. The second-order valence-electron chi connectivity index (χ2n) is 4.62. The van der Waals surface area contributed by atoms with Crippen molar-refractivity contribution in [2.45, 2.75) is 19.9 Å². The molecule has 20 heavy (non-hydrogen) atoms. The third-order valence-corrected chi connectivity index (χ3v) is 4.30. The number of hydrogen-bond acceptors (Lipinski definition) is 1. The number of anilines is 1. The molecule has 1 nitrogen and oxygen atoms in total. The van der Waals surface area contributed by atoms with Crippen molar-refractivity contribution in [3.63, 3.8) is 0 Å². The molecule has 0 saturated carbocycles. The lowest BCUT2D eigenvalue weighted by atomic mass is 10.1. The van der Waals surface area contributed by atoms with Gasteiger partial charge in [-0.15, -0.1) is 0 Å². The molecule has 1 atom stereocenters. The fourth-order valence-electron chi connectivity index (χ4n) is 1.90. The van der Waals surface area contributed by atoms with Crippen LogP contribution in [-0.4, -0.2) is 0 Å².